The molecule has 0 fully saturated rings. The van der Waals surface area contributed by atoms with Crippen LogP contribution in [0.15, 0.2) is 22.7 Å². The lowest BCUT2D eigenvalue weighted by Gasteiger charge is -2.30. The molecular weight excluding hydrogens is 242 g/mol. The van der Waals surface area contributed by atoms with Crippen molar-refractivity contribution in [1.82, 2.24) is 0 Å². The van der Waals surface area contributed by atoms with Crippen LogP contribution in [0.4, 0.5) is 5.69 Å². The SMILES string of the molecule is CC(C)C1COc2cc(Br)ccc2N1. The summed E-state index contributed by atoms with van der Waals surface area (Å²) in [5.41, 5.74) is 1.10. The van der Waals surface area contributed by atoms with Gasteiger partial charge in [0.2, 0.25) is 0 Å². The second-order valence-electron chi connectivity index (χ2n) is 3.95. The second-order valence-corrected chi connectivity index (χ2v) is 4.86. The topological polar surface area (TPSA) is 21.3 Å². The summed E-state index contributed by atoms with van der Waals surface area (Å²) in [5, 5.41) is 3.48. The molecule has 0 saturated heterocycles. The Morgan fingerprint density at radius 1 is 1.50 bits per heavy atom. The van der Waals surface area contributed by atoms with E-state index in [-0.39, 0.29) is 0 Å². The molecule has 0 amide bonds. The molecule has 0 spiro atoms. The van der Waals surface area contributed by atoms with Crippen LogP contribution in [-0.2, 0) is 0 Å². The summed E-state index contributed by atoms with van der Waals surface area (Å²) in [5.74, 6) is 1.53. The van der Waals surface area contributed by atoms with Gasteiger partial charge in [-0.1, -0.05) is 29.8 Å². The van der Waals surface area contributed by atoms with Crippen LogP contribution in [0.5, 0.6) is 5.75 Å². The Morgan fingerprint density at radius 3 is 3.00 bits per heavy atom. The number of rotatable bonds is 1. The predicted molar refractivity (Wildman–Crippen MR) is 61.9 cm³/mol. The Hall–Kier alpha value is -0.700. The average Bonchev–Trinajstić information content (AvgIpc) is 2.16. The van der Waals surface area contributed by atoms with Gasteiger partial charge >= 0.3 is 0 Å². The van der Waals surface area contributed by atoms with Crippen molar-refractivity contribution in [3.8, 4) is 5.75 Å². The zero-order chi connectivity index (χ0) is 10.1. The van der Waals surface area contributed by atoms with E-state index in [9.17, 15) is 0 Å². The minimum absolute atomic E-state index is 0.420. The standard InChI is InChI=1S/C11H14BrNO/c1-7(2)10-6-14-11-5-8(12)3-4-9(11)13-10/h3-5,7,10,13H,6H2,1-2H3. The molecule has 0 aliphatic carbocycles. The zero-order valence-corrected chi connectivity index (χ0v) is 9.97. The summed E-state index contributed by atoms with van der Waals surface area (Å²) in [6, 6.07) is 6.49. The molecule has 0 aromatic heterocycles. The molecule has 0 saturated carbocycles. The van der Waals surface area contributed by atoms with Gasteiger partial charge < -0.3 is 10.1 Å². The maximum Gasteiger partial charge on any atom is 0.143 e. The highest BCUT2D eigenvalue weighted by Gasteiger charge is 2.21. The van der Waals surface area contributed by atoms with E-state index in [0.29, 0.717) is 12.0 Å². The van der Waals surface area contributed by atoms with Crippen LogP contribution in [0.3, 0.4) is 0 Å². The molecule has 1 aromatic carbocycles. The highest BCUT2D eigenvalue weighted by Crippen LogP contribution is 2.32. The summed E-state index contributed by atoms with van der Waals surface area (Å²) >= 11 is 3.43. The number of hydrogen-bond acceptors (Lipinski definition) is 2. The van der Waals surface area contributed by atoms with Gasteiger partial charge in [0.15, 0.2) is 0 Å². The van der Waals surface area contributed by atoms with E-state index in [1.807, 2.05) is 18.2 Å². The molecule has 1 aliphatic rings. The summed E-state index contributed by atoms with van der Waals surface area (Å²) in [4.78, 5) is 0. The quantitative estimate of drug-likeness (QED) is 0.832. The Balaban J connectivity index is 2.23. The van der Waals surface area contributed by atoms with Crippen LogP contribution in [0.25, 0.3) is 0 Å². The first-order chi connectivity index (χ1) is 6.66. The molecule has 3 heteroatoms. The van der Waals surface area contributed by atoms with E-state index in [0.717, 1.165) is 22.5 Å². The van der Waals surface area contributed by atoms with E-state index in [1.54, 1.807) is 0 Å². The van der Waals surface area contributed by atoms with Crippen LogP contribution in [-0.4, -0.2) is 12.6 Å². The normalized spacial score (nSPS) is 19.9. The first-order valence-electron chi connectivity index (χ1n) is 4.85. The Morgan fingerprint density at radius 2 is 2.29 bits per heavy atom. The fraction of sp³-hybridized carbons (Fsp3) is 0.455. The molecule has 0 bridgehead atoms. The average molecular weight is 256 g/mol. The van der Waals surface area contributed by atoms with Gasteiger partial charge in [0.1, 0.15) is 12.4 Å². The van der Waals surface area contributed by atoms with Crippen molar-refractivity contribution in [3.63, 3.8) is 0 Å². The van der Waals surface area contributed by atoms with E-state index in [4.69, 9.17) is 4.74 Å². The molecule has 1 aromatic rings. The molecule has 2 rings (SSSR count). The van der Waals surface area contributed by atoms with Crippen LogP contribution in [0, 0.1) is 5.92 Å². The van der Waals surface area contributed by atoms with Crippen molar-refractivity contribution in [2.45, 2.75) is 19.9 Å². The minimum atomic E-state index is 0.420. The maximum absolute atomic E-state index is 5.69. The number of nitrogens with one attached hydrogen (secondary N) is 1. The van der Waals surface area contributed by atoms with Crippen molar-refractivity contribution >= 4 is 21.6 Å². The fourth-order valence-corrected chi connectivity index (χ4v) is 1.85. The molecule has 76 valence electrons. The summed E-state index contributed by atoms with van der Waals surface area (Å²) in [6.45, 7) is 5.15. The fourth-order valence-electron chi connectivity index (χ4n) is 1.51. The molecule has 2 nitrogen and oxygen atoms in total. The number of anilines is 1. The smallest absolute Gasteiger partial charge is 0.143 e. The molecule has 1 atom stereocenters. The largest absolute Gasteiger partial charge is 0.489 e. The summed E-state index contributed by atoms with van der Waals surface area (Å²) in [7, 11) is 0. The van der Waals surface area contributed by atoms with Crippen LogP contribution in [0.2, 0.25) is 0 Å². The number of halogens is 1. The highest BCUT2D eigenvalue weighted by molar-refractivity contribution is 9.10. The van der Waals surface area contributed by atoms with Crippen LogP contribution in [0.1, 0.15) is 13.8 Å². The van der Waals surface area contributed by atoms with Gasteiger partial charge in [-0.2, -0.15) is 0 Å². The van der Waals surface area contributed by atoms with Crippen molar-refractivity contribution in [3.05, 3.63) is 22.7 Å². The molecular formula is C11H14BrNO. The van der Waals surface area contributed by atoms with Gasteiger partial charge in [0.05, 0.1) is 11.7 Å². The number of benzene rings is 1. The van der Waals surface area contributed by atoms with Crippen molar-refractivity contribution in [2.24, 2.45) is 5.92 Å². The number of fused-ring (bicyclic) bond motifs is 1. The molecule has 14 heavy (non-hydrogen) atoms. The predicted octanol–water partition coefficient (Wildman–Crippen LogP) is 3.28. The third-order valence-electron chi connectivity index (χ3n) is 2.51. The molecule has 0 radical (unpaired) electrons. The highest BCUT2D eigenvalue weighted by atomic mass is 79.9. The molecule has 1 N–H and O–H groups in total. The van der Waals surface area contributed by atoms with Gasteiger partial charge in [-0.25, -0.2) is 0 Å². The Labute approximate surface area is 92.8 Å². The lowest BCUT2D eigenvalue weighted by atomic mass is 10.0. The van der Waals surface area contributed by atoms with Crippen molar-refractivity contribution in [1.29, 1.82) is 0 Å². The van der Waals surface area contributed by atoms with E-state index in [1.165, 1.54) is 0 Å². The van der Waals surface area contributed by atoms with Crippen molar-refractivity contribution < 1.29 is 4.74 Å². The first kappa shape index (κ1) is 9.84. The Kier molecular flexibility index (Phi) is 2.68. The van der Waals surface area contributed by atoms with E-state index in [2.05, 4.69) is 35.1 Å². The number of hydrogen-bond donors (Lipinski definition) is 1. The number of ether oxygens (including phenoxy) is 1. The summed E-state index contributed by atoms with van der Waals surface area (Å²) in [6.07, 6.45) is 0. The monoisotopic (exact) mass is 255 g/mol. The second kappa shape index (κ2) is 3.81. The maximum atomic E-state index is 5.69. The van der Waals surface area contributed by atoms with Crippen molar-refractivity contribution in [2.75, 3.05) is 11.9 Å². The molecule has 1 heterocycles. The summed E-state index contributed by atoms with van der Waals surface area (Å²) < 4.78 is 6.74. The third kappa shape index (κ3) is 1.87. The molecule has 1 aliphatic heterocycles. The third-order valence-corrected chi connectivity index (χ3v) is 3.00. The minimum Gasteiger partial charge on any atom is -0.489 e. The van der Waals surface area contributed by atoms with E-state index < -0.39 is 0 Å². The molecule has 1 unspecified atom stereocenters. The lowest BCUT2D eigenvalue weighted by molar-refractivity contribution is 0.257. The van der Waals surface area contributed by atoms with Gasteiger partial charge in [-0.15, -0.1) is 0 Å². The van der Waals surface area contributed by atoms with Crippen LogP contribution >= 0.6 is 15.9 Å². The van der Waals surface area contributed by atoms with Crippen LogP contribution < -0.4 is 10.1 Å². The van der Waals surface area contributed by atoms with Gasteiger partial charge in [-0.05, 0) is 24.1 Å². The zero-order valence-electron chi connectivity index (χ0n) is 8.38. The lowest BCUT2D eigenvalue weighted by Crippen LogP contribution is -2.35. The Bertz CT molecular complexity index is 338. The first-order valence-corrected chi connectivity index (χ1v) is 5.65. The van der Waals surface area contributed by atoms with Gasteiger partial charge in [0, 0.05) is 4.47 Å². The van der Waals surface area contributed by atoms with Gasteiger partial charge in [-0.3, -0.25) is 0 Å². The van der Waals surface area contributed by atoms with Gasteiger partial charge in [0.25, 0.3) is 0 Å². The van der Waals surface area contributed by atoms with E-state index >= 15 is 0 Å².